The molecule has 114 valence electrons. The summed E-state index contributed by atoms with van der Waals surface area (Å²) in [5.74, 6) is -1.05. The Morgan fingerprint density at radius 1 is 1.26 bits per heavy atom. The molecule has 7 heteroatoms. The first-order valence-electron chi connectivity index (χ1n) is 5.93. The molecule has 0 heterocycles. The minimum absolute atomic E-state index is 0. The minimum Gasteiger partial charge on any atom is -1.00 e. The minimum atomic E-state index is -1.05. The monoisotopic (exact) mass is 388 g/mol. The highest BCUT2D eigenvalue weighted by atomic mass is 127. The number of hydrogen-bond acceptors (Lipinski definition) is 3. The summed E-state index contributed by atoms with van der Waals surface area (Å²) in [4.78, 5) is 22.5. The fraction of sp³-hybridized carbons (Fsp3) is 0.833. The number of nitrogens with zero attached hydrogens (tertiary/aromatic N) is 1. The van der Waals surface area contributed by atoms with Gasteiger partial charge in [-0.15, -0.1) is 0 Å². The van der Waals surface area contributed by atoms with Crippen molar-refractivity contribution in [2.75, 3.05) is 27.7 Å². The van der Waals surface area contributed by atoms with E-state index in [0.29, 0.717) is 17.4 Å². The summed E-state index contributed by atoms with van der Waals surface area (Å²) < 4.78 is 5.67. The lowest BCUT2D eigenvalue weighted by Crippen LogP contribution is -3.00. The number of carboxylic acids is 1. The van der Waals surface area contributed by atoms with Crippen LogP contribution in [0.25, 0.3) is 0 Å². The van der Waals surface area contributed by atoms with Crippen LogP contribution >= 0.6 is 0 Å². The number of alkyl carbamates (subject to hydrolysis) is 1. The lowest BCUT2D eigenvalue weighted by atomic mass is 10.2. The molecule has 0 bridgehead atoms. The molecule has 0 spiro atoms. The van der Waals surface area contributed by atoms with E-state index < -0.39 is 23.7 Å². The van der Waals surface area contributed by atoms with Crippen molar-refractivity contribution in [2.45, 2.75) is 38.8 Å². The largest absolute Gasteiger partial charge is 1.00 e. The van der Waals surface area contributed by atoms with Crippen molar-refractivity contribution in [1.82, 2.24) is 5.32 Å². The lowest BCUT2D eigenvalue weighted by Gasteiger charge is -2.26. The standard InChI is InChI=1S/C12H24N2O4.HI/c1-12(2,3)18-11(17)13-9(10(15)16)7-8-14(4,5)6;/h9H,7-8H2,1-6H3,(H-,13,15,16,17);1H/t9-;/m1./s1. The van der Waals surface area contributed by atoms with Gasteiger partial charge in [0.1, 0.15) is 11.6 Å². The number of amides is 1. The van der Waals surface area contributed by atoms with E-state index in [4.69, 9.17) is 9.84 Å². The van der Waals surface area contributed by atoms with Gasteiger partial charge in [0.25, 0.3) is 0 Å². The van der Waals surface area contributed by atoms with E-state index in [2.05, 4.69) is 5.32 Å². The maximum Gasteiger partial charge on any atom is 0.408 e. The number of nitrogens with one attached hydrogen (secondary N) is 1. The fourth-order valence-corrected chi connectivity index (χ4v) is 1.22. The molecule has 0 saturated heterocycles. The first-order chi connectivity index (χ1) is 7.91. The zero-order chi connectivity index (χ0) is 14.6. The Balaban J connectivity index is 0. The maximum atomic E-state index is 11.5. The molecule has 0 aromatic carbocycles. The van der Waals surface area contributed by atoms with Gasteiger partial charge in [-0.25, -0.2) is 9.59 Å². The quantitative estimate of drug-likeness (QED) is 0.425. The molecule has 19 heavy (non-hydrogen) atoms. The summed E-state index contributed by atoms with van der Waals surface area (Å²) in [6.45, 7) is 5.84. The second kappa shape index (κ2) is 7.88. The molecule has 2 N–H and O–H groups in total. The maximum absolute atomic E-state index is 11.5. The van der Waals surface area contributed by atoms with Crippen LogP contribution in [0.4, 0.5) is 4.79 Å². The molecule has 0 aliphatic carbocycles. The van der Waals surface area contributed by atoms with Crippen molar-refractivity contribution in [3.63, 3.8) is 0 Å². The molecule has 0 rings (SSSR count). The smallest absolute Gasteiger partial charge is 0.408 e. The first-order valence-corrected chi connectivity index (χ1v) is 5.93. The normalized spacial score (nSPS) is 13.2. The average molecular weight is 388 g/mol. The second-order valence-electron chi connectivity index (χ2n) is 6.34. The number of carbonyl (C=O) groups excluding carboxylic acids is 1. The Morgan fingerprint density at radius 2 is 1.74 bits per heavy atom. The molecule has 0 saturated carbocycles. The van der Waals surface area contributed by atoms with Gasteiger partial charge in [0.05, 0.1) is 27.7 Å². The Labute approximate surface area is 132 Å². The molecule has 0 aromatic rings. The van der Waals surface area contributed by atoms with Crippen LogP contribution in [-0.2, 0) is 9.53 Å². The number of ether oxygens (including phenoxy) is 1. The van der Waals surface area contributed by atoms with Crippen LogP contribution in [0, 0.1) is 0 Å². The summed E-state index contributed by atoms with van der Waals surface area (Å²) in [5.41, 5.74) is -0.632. The Bertz CT molecular complexity index is 308. The first kappa shape index (κ1) is 20.7. The molecule has 0 aromatic heterocycles. The van der Waals surface area contributed by atoms with Crippen LogP contribution < -0.4 is 29.3 Å². The molecule has 0 fully saturated rings. The summed E-state index contributed by atoms with van der Waals surface area (Å²) in [5, 5.41) is 11.4. The number of quaternary nitrogens is 1. The van der Waals surface area contributed by atoms with Crippen molar-refractivity contribution in [2.24, 2.45) is 0 Å². The molecule has 6 nitrogen and oxygen atoms in total. The van der Waals surface area contributed by atoms with Crippen LogP contribution in [0.2, 0.25) is 0 Å². The molecule has 0 aliphatic heterocycles. The average Bonchev–Trinajstić information content (AvgIpc) is 2.06. The van der Waals surface area contributed by atoms with Gasteiger partial charge in [-0.1, -0.05) is 0 Å². The van der Waals surface area contributed by atoms with Gasteiger partial charge in [-0.2, -0.15) is 0 Å². The summed E-state index contributed by atoms with van der Waals surface area (Å²) in [6, 6.07) is -0.919. The van der Waals surface area contributed by atoms with Gasteiger partial charge < -0.3 is 43.6 Å². The lowest BCUT2D eigenvalue weighted by molar-refractivity contribution is -0.870. The van der Waals surface area contributed by atoms with Crippen molar-refractivity contribution in [3.8, 4) is 0 Å². The van der Waals surface area contributed by atoms with Crippen molar-refractivity contribution < 1.29 is 47.9 Å². The third kappa shape index (κ3) is 12.2. The topological polar surface area (TPSA) is 75.6 Å². The Morgan fingerprint density at radius 3 is 2.05 bits per heavy atom. The number of halogens is 1. The predicted molar refractivity (Wildman–Crippen MR) is 68.3 cm³/mol. The molecule has 0 aliphatic rings. The number of rotatable bonds is 5. The number of hydrogen-bond donors (Lipinski definition) is 2. The van der Waals surface area contributed by atoms with E-state index >= 15 is 0 Å². The van der Waals surface area contributed by atoms with Gasteiger partial charge in [0.15, 0.2) is 0 Å². The number of carboxylic acid groups (broad SMARTS) is 1. The van der Waals surface area contributed by atoms with Crippen LogP contribution in [0.5, 0.6) is 0 Å². The predicted octanol–water partition coefficient (Wildman–Crippen LogP) is -1.94. The molecule has 0 radical (unpaired) electrons. The SMILES string of the molecule is CC(C)(C)OC(=O)N[C@H](CC[N+](C)(C)C)C(=O)O.[I-]. The highest BCUT2D eigenvalue weighted by Crippen LogP contribution is 2.07. The highest BCUT2D eigenvalue weighted by molar-refractivity contribution is 5.79. The van der Waals surface area contributed by atoms with Gasteiger partial charge in [-0.3, -0.25) is 0 Å². The highest BCUT2D eigenvalue weighted by Gasteiger charge is 2.25. The van der Waals surface area contributed by atoms with Gasteiger partial charge >= 0.3 is 12.1 Å². The molecule has 0 unspecified atom stereocenters. The second-order valence-corrected chi connectivity index (χ2v) is 6.34. The zero-order valence-corrected chi connectivity index (χ0v) is 14.6. The molecular weight excluding hydrogens is 363 g/mol. The summed E-state index contributed by atoms with van der Waals surface area (Å²) >= 11 is 0. The Kier molecular flexibility index (Phi) is 8.61. The van der Waals surface area contributed by atoms with Crippen LogP contribution in [0.15, 0.2) is 0 Å². The van der Waals surface area contributed by atoms with E-state index in [-0.39, 0.29) is 24.0 Å². The van der Waals surface area contributed by atoms with Gasteiger partial charge in [0.2, 0.25) is 0 Å². The summed E-state index contributed by atoms with van der Waals surface area (Å²) in [7, 11) is 5.89. The van der Waals surface area contributed by atoms with E-state index in [0.717, 1.165) is 0 Å². The van der Waals surface area contributed by atoms with E-state index in [1.165, 1.54) is 0 Å². The molecule has 1 atom stereocenters. The molecular formula is C12H25IN2O4. The zero-order valence-electron chi connectivity index (χ0n) is 12.5. The van der Waals surface area contributed by atoms with E-state index in [1.807, 2.05) is 21.1 Å². The van der Waals surface area contributed by atoms with Crippen LogP contribution in [0.3, 0.4) is 0 Å². The van der Waals surface area contributed by atoms with Crippen LogP contribution in [-0.4, -0.2) is 61.0 Å². The Hall–Kier alpha value is -0.570. The number of aliphatic carboxylic acids is 1. The van der Waals surface area contributed by atoms with Gasteiger partial charge in [-0.05, 0) is 20.8 Å². The molecule has 1 amide bonds. The van der Waals surface area contributed by atoms with Crippen LogP contribution in [0.1, 0.15) is 27.2 Å². The third-order valence-corrected chi connectivity index (χ3v) is 2.08. The van der Waals surface area contributed by atoms with E-state index in [9.17, 15) is 9.59 Å². The van der Waals surface area contributed by atoms with Crippen molar-refractivity contribution in [1.29, 1.82) is 0 Å². The van der Waals surface area contributed by atoms with Gasteiger partial charge in [0, 0.05) is 6.42 Å². The fourth-order valence-electron chi connectivity index (χ4n) is 1.22. The summed E-state index contributed by atoms with van der Waals surface area (Å²) in [6.07, 6.45) is -0.339. The van der Waals surface area contributed by atoms with Crippen molar-refractivity contribution in [3.05, 3.63) is 0 Å². The third-order valence-electron chi connectivity index (χ3n) is 2.08. The van der Waals surface area contributed by atoms with Crippen molar-refractivity contribution >= 4 is 12.1 Å². The number of carbonyl (C=O) groups is 2. The van der Waals surface area contributed by atoms with E-state index in [1.54, 1.807) is 20.8 Å².